The number of benzene rings is 1. The summed E-state index contributed by atoms with van der Waals surface area (Å²) in [5.74, 6) is 0.732. The summed E-state index contributed by atoms with van der Waals surface area (Å²) in [5.41, 5.74) is 1.21. The molecule has 5 nitrogen and oxygen atoms in total. The van der Waals surface area contributed by atoms with E-state index >= 15 is 0 Å². The molecule has 1 aliphatic heterocycles. The molecular formula is C18H27N3O2. The molecule has 1 unspecified atom stereocenters. The van der Waals surface area contributed by atoms with Crippen LogP contribution in [0.1, 0.15) is 31.7 Å². The zero-order valence-electron chi connectivity index (χ0n) is 13.9. The normalized spacial score (nSPS) is 17.6. The lowest BCUT2D eigenvalue weighted by molar-refractivity contribution is 0.0821. The van der Waals surface area contributed by atoms with E-state index in [2.05, 4.69) is 16.3 Å². The average molecular weight is 317 g/mol. The molecule has 0 saturated carbocycles. The van der Waals surface area contributed by atoms with Crippen molar-refractivity contribution in [1.29, 1.82) is 5.26 Å². The first kappa shape index (κ1) is 17.7. The zero-order valence-corrected chi connectivity index (χ0v) is 13.9. The topological polar surface area (TPSA) is 68.5 Å². The Morgan fingerprint density at radius 1 is 1.35 bits per heavy atom. The molecule has 1 aromatic carbocycles. The van der Waals surface area contributed by atoms with Gasteiger partial charge in [0.15, 0.2) is 6.10 Å². The van der Waals surface area contributed by atoms with Crippen molar-refractivity contribution in [2.24, 2.45) is 0 Å². The molecule has 0 radical (unpaired) electrons. The minimum absolute atomic E-state index is 0.0903. The van der Waals surface area contributed by atoms with Gasteiger partial charge in [0.1, 0.15) is 11.8 Å². The Kier molecular flexibility index (Phi) is 7.34. The lowest BCUT2D eigenvalue weighted by atomic mass is 10.1. The van der Waals surface area contributed by atoms with E-state index in [4.69, 9.17) is 10.00 Å². The third kappa shape index (κ3) is 6.57. The van der Waals surface area contributed by atoms with Crippen molar-refractivity contribution in [1.82, 2.24) is 10.2 Å². The van der Waals surface area contributed by atoms with Gasteiger partial charge < -0.3 is 20.1 Å². The monoisotopic (exact) mass is 317 g/mol. The number of aliphatic hydroxyl groups excluding tert-OH is 1. The fourth-order valence-electron chi connectivity index (χ4n) is 2.72. The van der Waals surface area contributed by atoms with Crippen LogP contribution in [-0.4, -0.2) is 48.4 Å². The maximum atomic E-state index is 9.48. The fourth-order valence-corrected chi connectivity index (χ4v) is 2.72. The Hall–Kier alpha value is -1.61. The van der Waals surface area contributed by atoms with Crippen LogP contribution < -0.4 is 10.1 Å². The van der Waals surface area contributed by atoms with Crippen LogP contribution in [-0.2, 0) is 6.54 Å². The lowest BCUT2D eigenvalue weighted by Crippen LogP contribution is -2.37. The van der Waals surface area contributed by atoms with Crippen LogP contribution in [0, 0.1) is 11.3 Å². The third-order valence-corrected chi connectivity index (χ3v) is 4.13. The molecule has 1 saturated heterocycles. The van der Waals surface area contributed by atoms with Crippen LogP contribution in [0.2, 0.25) is 0 Å². The molecule has 23 heavy (non-hydrogen) atoms. The summed E-state index contributed by atoms with van der Waals surface area (Å²) in [7, 11) is 0. The van der Waals surface area contributed by atoms with E-state index < -0.39 is 6.10 Å². The summed E-state index contributed by atoms with van der Waals surface area (Å²) in [5, 5.41) is 21.7. The van der Waals surface area contributed by atoms with Crippen LogP contribution in [0.3, 0.4) is 0 Å². The van der Waals surface area contributed by atoms with Gasteiger partial charge >= 0.3 is 0 Å². The van der Waals surface area contributed by atoms with E-state index in [0.717, 1.165) is 57.7 Å². The molecule has 2 rings (SSSR count). The summed E-state index contributed by atoms with van der Waals surface area (Å²) in [6.07, 6.45) is 2.43. The number of rotatable bonds is 8. The highest BCUT2D eigenvalue weighted by Gasteiger charge is 2.15. The maximum absolute atomic E-state index is 9.48. The molecule has 0 amide bonds. The Bertz CT molecular complexity index is 490. The molecule has 1 fully saturated rings. The Morgan fingerprint density at radius 2 is 2.04 bits per heavy atom. The van der Waals surface area contributed by atoms with Gasteiger partial charge in [0.25, 0.3) is 0 Å². The van der Waals surface area contributed by atoms with Crippen LogP contribution in [0.15, 0.2) is 24.3 Å². The Morgan fingerprint density at radius 3 is 2.70 bits per heavy atom. The summed E-state index contributed by atoms with van der Waals surface area (Å²) >= 11 is 0. The molecule has 1 heterocycles. The number of hydrogen-bond acceptors (Lipinski definition) is 5. The van der Waals surface area contributed by atoms with Crippen molar-refractivity contribution in [3.05, 3.63) is 29.8 Å². The van der Waals surface area contributed by atoms with Crippen molar-refractivity contribution < 1.29 is 9.84 Å². The smallest absolute Gasteiger partial charge is 0.181 e. The second-order valence-electron chi connectivity index (χ2n) is 6.14. The average Bonchev–Trinajstić information content (AvgIpc) is 2.57. The Balaban J connectivity index is 1.58. The minimum atomic E-state index is -0.421. The highest BCUT2D eigenvalue weighted by atomic mass is 16.5. The minimum Gasteiger partial charge on any atom is -0.476 e. The summed E-state index contributed by atoms with van der Waals surface area (Å²) in [6, 6.07) is 9.92. The zero-order chi connectivity index (χ0) is 16.5. The van der Waals surface area contributed by atoms with Gasteiger partial charge in [-0.1, -0.05) is 12.1 Å². The van der Waals surface area contributed by atoms with Crippen molar-refractivity contribution in [3.63, 3.8) is 0 Å². The number of hydrogen-bond donors (Lipinski definition) is 2. The van der Waals surface area contributed by atoms with Gasteiger partial charge in [-0.05, 0) is 57.0 Å². The predicted octanol–water partition coefficient (Wildman–Crippen LogP) is 1.91. The molecule has 5 heteroatoms. The van der Waals surface area contributed by atoms with Gasteiger partial charge in [-0.25, -0.2) is 0 Å². The molecule has 0 bridgehead atoms. The van der Waals surface area contributed by atoms with Gasteiger partial charge in [-0.2, -0.15) is 5.26 Å². The summed E-state index contributed by atoms with van der Waals surface area (Å²) < 4.78 is 5.43. The highest BCUT2D eigenvalue weighted by molar-refractivity contribution is 5.27. The molecule has 2 N–H and O–H groups in total. The fraction of sp³-hybridized carbons (Fsp3) is 0.611. The van der Waals surface area contributed by atoms with Gasteiger partial charge in [0.05, 0.1) is 6.10 Å². The van der Waals surface area contributed by atoms with E-state index in [0.29, 0.717) is 0 Å². The standard InChI is InChI=1S/C18H27N3O2/c1-15(13-19)23-18-5-3-16(4-6-18)14-20-9-2-10-21-11-7-17(22)8-12-21/h3-6,15,17,20,22H,2,7-12,14H2,1H3. The van der Waals surface area contributed by atoms with Gasteiger partial charge in [-0.3, -0.25) is 0 Å². The Labute approximate surface area is 138 Å². The quantitative estimate of drug-likeness (QED) is 0.717. The molecular weight excluding hydrogens is 290 g/mol. The van der Waals surface area contributed by atoms with Crippen LogP contribution in [0.25, 0.3) is 0 Å². The first-order valence-corrected chi connectivity index (χ1v) is 8.43. The highest BCUT2D eigenvalue weighted by Crippen LogP contribution is 2.14. The molecule has 0 spiro atoms. The SMILES string of the molecule is CC(C#N)Oc1ccc(CNCCCN2CCC(O)CC2)cc1. The van der Waals surface area contributed by atoms with E-state index in [1.54, 1.807) is 6.92 Å². The summed E-state index contributed by atoms with van der Waals surface area (Å²) in [6.45, 7) is 6.69. The molecule has 1 atom stereocenters. The molecule has 1 aromatic rings. The first-order chi connectivity index (χ1) is 11.2. The molecule has 0 aromatic heterocycles. The largest absolute Gasteiger partial charge is 0.476 e. The second kappa shape index (κ2) is 9.51. The molecule has 126 valence electrons. The predicted molar refractivity (Wildman–Crippen MR) is 90.1 cm³/mol. The van der Waals surface area contributed by atoms with E-state index in [9.17, 15) is 5.11 Å². The number of ether oxygens (including phenoxy) is 1. The maximum Gasteiger partial charge on any atom is 0.181 e. The number of aliphatic hydroxyl groups is 1. The number of nitrogens with zero attached hydrogens (tertiary/aromatic N) is 2. The molecule has 1 aliphatic rings. The number of nitrogens with one attached hydrogen (secondary N) is 1. The summed E-state index contributed by atoms with van der Waals surface area (Å²) in [4.78, 5) is 2.43. The lowest BCUT2D eigenvalue weighted by Gasteiger charge is -2.29. The van der Waals surface area contributed by atoms with Crippen LogP contribution >= 0.6 is 0 Å². The van der Waals surface area contributed by atoms with E-state index in [-0.39, 0.29) is 6.10 Å². The van der Waals surface area contributed by atoms with Gasteiger partial charge in [0.2, 0.25) is 0 Å². The number of piperidine rings is 1. The van der Waals surface area contributed by atoms with Gasteiger partial charge in [-0.15, -0.1) is 0 Å². The van der Waals surface area contributed by atoms with Crippen LogP contribution in [0.5, 0.6) is 5.75 Å². The van der Waals surface area contributed by atoms with Gasteiger partial charge in [0, 0.05) is 19.6 Å². The van der Waals surface area contributed by atoms with E-state index in [1.165, 1.54) is 5.56 Å². The number of nitriles is 1. The van der Waals surface area contributed by atoms with Crippen molar-refractivity contribution >= 4 is 0 Å². The van der Waals surface area contributed by atoms with Crippen molar-refractivity contribution in [2.45, 2.75) is 44.9 Å². The number of likely N-dealkylation sites (tertiary alicyclic amines) is 1. The second-order valence-corrected chi connectivity index (χ2v) is 6.14. The van der Waals surface area contributed by atoms with Crippen molar-refractivity contribution in [3.8, 4) is 11.8 Å². The van der Waals surface area contributed by atoms with E-state index in [1.807, 2.05) is 24.3 Å². The van der Waals surface area contributed by atoms with Crippen molar-refractivity contribution in [2.75, 3.05) is 26.2 Å². The first-order valence-electron chi connectivity index (χ1n) is 8.43. The van der Waals surface area contributed by atoms with Crippen LogP contribution in [0.4, 0.5) is 0 Å². The third-order valence-electron chi connectivity index (χ3n) is 4.13. The molecule has 0 aliphatic carbocycles.